The van der Waals surface area contributed by atoms with Crippen molar-refractivity contribution in [2.45, 2.75) is 25.1 Å². The van der Waals surface area contributed by atoms with Gasteiger partial charge in [0.05, 0.1) is 12.2 Å². The quantitative estimate of drug-likeness (QED) is 0.760. The number of aromatic amines is 1. The van der Waals surface area contributed by atoms with E-state index in [2.05, 4.69) is 15.6 Å². The van der Waals surface area contributed by atoms with Crippen molar-refractivity contribution in [2.75, 3.05) is 13.1 Å². The maximum Gasteiger partial charge on any atom is 0.434 e. The normalized spacial score (nSPS) is 19.9. The van der Waals surface area contributed by atoms with Crippen molar-refractivity contribution in [3.05, 3.63) is 59.6 Å². The molecule has 0 bridgehead atoms. The second-order valence-electron chi connectivity index (χ2n) is 6.78. The van der Waals surface area contributed by atoms with Crippen LogP contribution in [0.1, 0.15) is 34.7 Å². The number of hydrazine groups is 1. The minimum atomic E-state index is -4.55. The lowest BCUT2D eigenvalue weighted by Gasteiger charge is -2.36. The molecule has 154 valence electrons. The summed E-state index contributed by atoms with van der Waals surface area (Å²) in [6.45, 7) is 0.938. The lowest BCUT2D eigenvalue weighted by atomic mass is 10.0. The molecule has 0 unspecified atom stereocenters. The summed E-state index contributed by atoms with van der Waals surface area (Å²) < 4.78 is 51.2. The highest BCUT2D eigenvalue weighted by Gasteiger charge is 2.35. The molecule has 0 radical (unpaired) electrons. The van der Waals surface area contributed by atoms with Crippen LogP contribution in [0.3, 0.4) is 0 Å². The van der Waals surface area contributed by atoms with E-state index in [-0.39, 0.29) is 23.5 Å². The van der Waals surface area contributed by atoms with Gasteiger partial charge < -0.3 is 14.7 Å². The van der Waals surface area contributed by atoms with Gasteiger partial charge in [-0.25, -0.2) is 9.37 Å². The van der Waals surface area contributed by atoms with Crippen LogP contribution < -0.4 is 5.59 Å². The lowest BCUT2D eigenvalue weighted by Crippen LogP contribution is -2.50. The van der Waals surface area contributed by atoms with Crippen molar-refractivity contribution in [2.24, 2.45) is 0 Å². The number of rotatable bonds is 3. The Morgan fingerprint density at radius 2 is 2.00 bits per heavy atom. The molecule has 0 aliphatic carbocycles. The van der Waals surface area contributed by atoms with Crippen LogP contribution in [-0.4, -0.2) is 44.9 Å². The van der Waals surface area contributed by atoms with Crippen LogP contribution >= 0.6 is 0 Å². The zero-order valence-corrected chi connectivity index (χ0v) is 15.0. The van der Waals surface area contributed by atoms with Crippen molar-refractivity contribution in [1.82, 2.24) is 25.5 Å². The Morgan fingerprint density at radius 3 is 2.69 bits per heavy atom. The van der Waals surface area contributed by atoms with E-state index in [1.54, 1.807) is 9.91 Å². The topological polar surface area (TPSA) is 73.5 Å². The van der Waals surface area contributed by atoms with Crippen LogP contribution in [0.25, 0.3) is 5.76 Å². The van der Waals surface area contributed by atoms with E-state index in [0.29, 0.717) is 18.7 Å². The number of benzene rings is 1. The van der Waals surface area contributed by atoms with E-state index in [1.807, 2.05) is 0 Å². The van der Waals surface area contributed by atoms with Gasteiger partial charge in [-0.05, 0) is 37.1 Å². The third-order valence-electron chi connectivity index (χ3n) is 4.79. The number of nitrogens with zero attached hydrogens (tertiary/aromatic N) is 3. The van der Waals surface area contributed by atoms with Gasteiger partial charge in [0.15, 0.2) is 11.5 Å². The average molecular weight is 411 g/mol. The van der Waals surface area contributed by atoms with Gasteiger partial charge in [-0.1, -0.05) is 5.59 Å². The van der Waals surface area contributed by atoms with Crippen LogP contribution in [-0.2, 0) is 11.0 Å². The number of nitrogens with one attached hydrogen (secondary N) is 2. The molecule has 2 aliphatic heterocycles. The zero-order chi connectivity index (χ0) is 20.6. The highest BCUT2D eigenvalue weighted by atomic mass is 19.4. The number of carbonyl (C=O) groups excluding carboxylic acids is 1. The van der Waals surface area contributed by atoms with Crippen LogP contribution in [0.15, 0.2) is 36.7 Å². The van der Waals surface area contributed by atoms with E-state index in [9.17, 15) is 22.4 Å². The van der Waals surface area contributed by atoms with Gasteiger partial charge in [0.2, 0.25) is 5.76 Å². The second kappa shape index (κ2) is 7.39. The maximum absolute atomic E-state index is 13.1. The third-order valence-corrected chi connectivity index (χ3v) is 4.79. The Morgan fingerprint density at radius 1 is 1.24 bits per heavy atom. The molecule has 4 rings (SSSR count). The number of hydrogen-bond acceptors (Lipinski definition) is 5. The summed E-state index contributed by atoms with van der Waals surface area (Å²) in [7, 11) is 0. The maximum atomic E-state index is 13.1. The van der Waals surface area contributed by atoms with Gasteiger partial charge in [-0.15, -0.1) is 0 Å². The van der Waals surface area contributed by atoms with Crippen molar-refractivity contribution >= 4 is 11.7 Å². The van der Waals surface area contributed by atoms with Crippen LogP contribution in [0.2, 0.25) is 0 Å². The molecule has 1 atom stereocenters. The summed E-state index contributed by atoms with van der Waals surface area (Å²) in [6.07, 6.45) is -0.787. The predicted molar refractivity (Wildman–Crippen MR) is 93.0 cm³/mol. The number of aromatic nitrogens is 2. The standard InChI is InChI=1S/C18H17F4N5O2/c19-12-5-3-11(4-6-12)17(28)26-7-1-2-13(9-26)27-10-14(29-25-27)16-23-8-15(24-16)18(20,21)22/h3-6,8,10,13,25H,1-2,7,9H2,(H,23,24)/t13-/m0/s1. The molecular formula is C18H17F4N5O2. The number of hydrogen-bond donors (Lipinski definition) is 2. The summed E-state index contributed by atoms with van der Waals surface area (Å²) in [5, 5.41) is 1.61. The van der Waals surface area contributed by atoms with E-state index in [4.69, 9.17) is 4.84 Å². The lowest BCUT2D eigenvalue weighted by molar-refractivity contribution is -0.140. The van der Waals surface area contributed by atoms with Gasteiger partial charge >= 0.3 is 6.18 Å². The Bertz CT molecular complexity index is 925. The number of halogens is 4. The van der Waals surface area contributed by atoms with Crippen molar-refractivity contribution in [3.63, 3.8) is 0 Å². The molecule has 0 spiro atoms. The fourth-order valence-electron chi connectivity index (χ4n) is 3.30. The molecule has 29 heavy (non-hydrogen) atoms. The van der Waals surface area contributed by atoms with Crippen molar-refractivity contribution in [3.8, 4) is 0 Å². The minimum absolute atomic E-state index is 0.0534. The van der Waals surface area contributed by atoms with Gasteiger partial charge in [0.1, 0.15) is 5.82 Å². The molecule has 1 aromatic carbocycles. The Labute approximate surface area is 162 Å². The average Bonchev–Trinajstić information content (AvgIpc) is 3.37. The molecule has 0 saturated carbocycles. The van der Waals surface area contributed by atoms with E-state index in [1.165, 1.54) is 30.5 Å². The monoisotopic (exact) mass is 411 g/mol. The summed E-state index contributed by atoms with van der Waals surface area (Å²) in [5.74, 6) is -0.564. The number of carbonyl (C=O) groups is 1. The molecule has 1 amide bonds. The van der Waals surface area contributed by atoms with E-state index >= 15 is 0 Å². The molecule has 2 aromatic rings. The number of imidazole rings is 1. The molecule has 2 aliphatic rings. The first-order valence-corrected chi connectivity index (χ1v) is 8.92. The summed E-state index contributed by atoms with van der Waals surface area (Å²) >= 11 is 0. The van der Waals surface area contributed by atoms with Crippen LogP contribution in [0.5, 0.6) is 0 Å². The number of likely N-dealkylation sites (tertiary alicyclic amines) is 1. The van der Waals surface area contributed by atoms with Crippen molar-refractivity contribution in [1.29, 1.82) is 0 Å². The number of amides is 1. The third kappa shape index (κ3) is 4.04. The SMILES string of the molecule is O=C(c1ccc(F)cc1)N1CCC[C@H](N2C=C(c3nc(C(F)(F)F)c[nH]3)ON2)C1. The smallest absolute Gasteiger partial charge is 0.383 e. The number of piperidine rings is 1. The molecule has 1 aromatic heterocycles. The zero-order valence-electron chi connectivity index (χ0n) is 15.0. The summed E-state index contributed by atoms with van der Waals surface area (Å²) in [6, 6.07) is 5.19. The van der Waals surface area contributed by atoms with E-state index < -0.39 is 17.7 Å². The molecule has 3 heterocycles. The molecule has 11 heteroatoms. The van der Waals surface area contributed by atoms with Gasteiger partial charge in [-0.3, -0.25) is 9.80 Å². The van der Waals surface area contributed by atoms with E-state index in [0.717, 1.165) is 19.0 Å². The van der Waals surface area contributed by atoms with Gasteiger partial charge in [-0.2, -0.15) is 13.2 Å². The van der Waals surface area contributed by atoms with Gasteiger partial charge in [0, 0.05) is 24.8 Å². The molecule has 7 nitrogen and oxygen atoms in total. The first-order valence-electron chi connectivity index (χ1n) is 8.92. The molecule has 1 fully saturated rings. The summed E-state index contributed by atoms with van der Waals surface area (Å²) in [5.41, 5.74) is 2.00. The Balaban J connectivity index is 1.44. The highest BCUT2D eigenvalue weighted by Crippen LogP contribution is 2.29. The first kappa shape index (κ1) is 19.2. The molecule has 2 N–H and O–H groups in total. The van der Waals surface area contributed by atoms with Crippen molar-refractivity contribution < 1.29 is 27.2 Å². The predicted octanol–water partition coefficient (Wildman–Crippen LogP) is 2.92. The fraction of sp³-hybridized carbons (Fsp3) is 0.333. The second-order valence-corrected chi connectivity index (χ2v) is 6.78. The molecular weight excluding hydrogens is 394 g/mol. The number of H-pyrrole nitrogens is 1. The number of alkyl halides is 3. The first-order chi connectivity index (χ1) is 13.8. The Hall–Kier alpha value is -3.08. The van der Waals surface area contributed by atoms with Crippen LogP contribution in [0.4, 0.5) is 17.6 Å². The van der Waals surface area contributed by atoms with Gasteiger partial charge in [0.25, 0.3) is 5.91 Å². The largest absolute Gasteiger partial charge is 0.434 e. The summed E-state index contributed by atoms with van der Waals surface area (Å²) in [4.78, 5) is 25.5. The minimum Gasteiger partial charge on any atom is -0.383 e. The fourth-order valence-corrected chi connectivity index (χ4v) is 3.30. The highest BCUT2D eigenvalue weighted by molar-refractivity contribution is 5.94. The van der Waals surface area contributed by atoms with Crippen LogP contribution in [0, 0.1) is 5.82 Å². The molecule has 1 saturated heterocycles. The Kier molecular flexibility index (Phi) is 4.91.